The quantitative estimate of drug-likeness (QED) is 0.578. The molecule has 1 aliphatic rings. The van der Waals surface area contributed by atoms with Gasteiger partial charge < -0.3 is 5.32 Å². The van der Waals surface area contributed by atoms with Gasteiger partial charge in [0, 0.05) is 0 Å². The van der Waals surface area contributed by atoms with Crippen molar-refractivity contribution in [2.45, 2.75) is 33.1 Å². The van der Waals surface area contributed by atoms with E-state index in [0.29, 0.717) is 0 Å². The molecule has 0 amide bonds. The van der Waals surface area contributed by atoms with E-state index >= 15 is 0 Å². The third-order valence-corrected chi connectivity index (χ3v) is 2.45. The fraction of sp³-hybridized carbons (Fsp3) is 1.00. The second kappa shape index (κ2) is 3.97. The van der Waals surface area contributed by atoms with Crippen LogP contribution in [-0.2, 0) is 0 Å². The first-order valence-corrected chi connectivity index (χ1v) is 4.55. The van der Waals surface area contributed by atoms with Crippen LogP contribution in [0.15, 0.2) is 0 Å². The van der Waals surface area contributed by atoms with Gasteiger partial charge in [0.25, 0.3) is 0 Å². The zero-order valence-corrected chi connectivity index (χ0v) is 7.19. The van der Waals surface area contributed by atoms with Crippen molar-refractivity contribution in [3.63, 3.8) is 0 Å². The maximum absolute atomic E-state index is 3.36. The van der Waals surface area contributed by atoms with Crippen LogP contribution in [0.3, 0.4) is 0 Å². The molecular formula is C9H19N. The van der Waals surface area contributed by atoms with Crippen molar-refractivity contribution in [1.29, 1.82) is 0 Å². The Morgan fingerprint density at radius 2 is 2.20 bits per heavy atom. The van der Waals surface area contributed by atoms with Crippen LogP contribution >= 0.6 is 0 Å². The minimum absolute atomic E-state index is 0.971. The minimum Gasteiger partial charge on any atom is -0.317 e. The average molecular weight is 141 g/mol. The predicted molar refractivity (Wildman–Crippen MR) is 45.0 cm³/mol. The highest BCUT2D eigenvalue weighted by atomic mass is 14.8. The minimum atomic E-state index is 0.971. The van der Waals surface area contributed by atoms with E-state index in [-0.39, 0.29) is 0 Å². The van der Waals surface area contributed by atoms with Gasteiger partial charge in [0.1, 0.15) is 0 Å². The summed E-state index contributed by atoms with van der Waals surface area (Å²) in [6.45, 7) is 6.89. The maximum Gasteiger partial charge on any atom is -0.00464 e. The van der Waals surface area contributed by atoms with Crippen LogP contribution in [0.5, 0.6) is 0 Å². The lowest BCUT2D eigenvalue weighted by molar-refractivity contribution is 0.454. The van der Waals surface area contributed by atoms with Crippen LogP contribution in [0.4, 0.5) is 0 Å². The third kappa shape index (κ3) is 2.70. The Kier molecular flexibility index (Phi) is 3.20. The first-order valence-electron chi connectivity index (χ1n) is 4.55. The second-order valence-electron chi connectivity index (χ2n) is 3.46. The fourth-order valence-corrected chi connectivity index (χ4v) is 1.41. The molecule has 0 saturated heterocycles. The molecule has 60 valence electrons. The zero-order chi connectivity index (χ0) is 7.40. The zero-order valence-electron chi connectivity index (χ0n) is 7.19. The molecule has 1 atom stereocenters. The summed E-state index contributed by atoms with van der Waals surface area (Å²) >= 11 is 0. The summed E-state index contributed by atoms with van der Waals surface area (Å²) in [5.41, 5.74) is 0. The summed E-state index contributed by atoms with van der Waals surface area (Å²) in [6, 6.07) is 0. The SMILES string of the molecule is CCNCCC(C)C1CC1. The van der Waals surface area contributed by atoms with Crippen molar-refractivity contribution in [3.05, 3.63) is 0 Å². The summed E-state index contributed by atoms with van der Waals surface area (Å²) in [4.78, 5) is 0. The number of nitrogens with one attached hydrogen (secondary N) is 1. The first-order chi connectivity index (χ1) is 4.84. The van der Waals surface area contributed by atoms with Crippen LogP contribution in [0.25, 0.3) is 0 Å². The maximum atomic E-state index is 3.36. The molecule has 1 N–H and O–H groups in total. The molecule has 1 fully saturated rings. The van der Waals surface area contributed by atoms with E-state index in [4.69, 9.17) is 0 Å². The molecule has 0 aliphatic heterocycles. The van der Waals surface area contributed by atoms with Gasteiger partial charge in [-0.3, -0.25) is 0 Å². The monoisotopic (exact) mass is 141 g/mol. The molecule has 0 aromatic carbocycles. The number of hydrogen-bond donors (Lipinski definition) is 1. The van der Waals surface area contributed by atoms with Crippen LogP contribution in [0.2, 0.25) is 0 Å². The molecule has 1 saturated carbocycles. The molecule has 1 aliphatic carbocycles. The summed E-state index contributed by atoms with van der Waals surface area (Å²) < 4.78 is 0. The van der Waals surface area contributed by atoms with Crippen LogP contribution in [0, 0.1) is 11.8 Å². The lowest BCUT2D eigenvalue weighted by Gasteiger charge is -2.08. The lowest BCUT2D eigenvalue weighted by atomic mass is 10.0. The van der Waals surface area contributed by atoms with Gasteiger partial charge in [-0.1, -0.05) is 13.8 Å². The van der Waals surface area contributed by atoms with Crippen LogP contribution in [-0.4, -0.2) is 13.1 Å². The van der Waals surface area contributed by atoms with Gasteiger partial charge in [-0.05, 0) is 44.2 Å². The molecule has 1 heteroatoms. The van der Waals surface area contributed by atoms with E-state index in [1.165, 1.54) is 25.8 Å². The van der Waals surface area contributed by atoms with E-state index in [9.17, 15) is 0 Å². The molecule has 0 heterocycles. The van der Waals surface area contributed by atoms with Crippen molar-refractivity contribution in [3.8, 4) is 0 Å². The molecule has 1 unspecified atom stereocenters. The topological polar surface area (TPSA) is 12.0 Å². The lowest BCUT2D eigenvalue weighted by Crippen LogP contribution is -2.17. The van der Waals surface area contributed by atoms with Crippen molar-refractivity contribution in [1.82, 2.24) is 5.32 Å². The van der Waals surface area contributed by atoms with Crippen molar-refractivity contribution in [2.24, 2.45) is 11.8 Å². The van der Waals surface area contributed by atoms with Crippen LogP contribution < -0.4 is 5.32 Å². The highest BCUT2D eigenvalue weighted by Crippen LogP contribution is 2.37. The Balaban J connectivity index is 1.90. The molecule has 1 nitrogen and oxygen atoms in total. The predicted octanol–water partition coefficient (Wildman–Crippen LogP) is 2.03. The molecular weight excluding hydrogens is 122 g/mol. The first kappa shape index (κ1) is 8.06. The van der Waals surface area contributed by atoms with Gasteiger partial charge in [0.05, 0.1) is 0 Å². The smallest absolute Gasteiger partial charge is 0.00464 e. The van der Waals surface area contributed by atoms with Crippen molar-refractivity contribution < 1.29 is 0 Å². The average Bonchev–Trinajstić information content (AvgIpc) is 2.69. The highest BCUT2D eigenvalue weighted by molar-refractivity contribution is 4.78. The summed E-state index contributed by atoms with van der Waals surface area (Å²) in [5.74, 6) is 2.05. The van der Waals surface area contributed by atoms with Crippen molar-refractivity contribution in [2.75, 3.05) is 13.1 Å². The summed E-state index contributed by atoms with van der Waals surface area (Å²) in [6.07, 6.45) is 4.36. The normalized spacial score (nSPS) is 21.0. The largest absolute Gasteiger partial charge is 0.317 e. The molecule has 0 aromatic heterocycles. The number of hydrogen-bond acceptors (Lipinski definition) is 1. The van der Waals surface area contributed by atoms with Gasteiger partial charge in [-0.15, -0.1) is 0 Å². The Morgan fingerprint density at radius 1 is 1.50 bits per heavy atom. The van der Waals surface area contributed by atoms with Crippen molar-refractivity contribution >= 4 is 0 Å². The Hall–Kier alpha value is -0.0400. The Morgan fingerprint density at radius 3 is 2.70 bits per heavy atom. The van der Waals surface area contributed by atoms with Gasteiger partial charge in [-0.25, -0.2) is 0 Å². The molecule has 10 heavy (non-hydrogen) atoms. The second-order valence-corrected chi connectivity index (χ2v) is 3.46. The fourth-order valence-electron chi connectivity index (χ4n) is 1.41. The third-order valence-electron chi connectivity index (χ3n) is 2.45. The van der Waals surface area contributed by atoms with E-state index < -0.39 is 0 Å². The number of rotatable bonds is 5. The molecule has 0 bridgehead atoms. The molecule has 1 rings (SSSR count). The van der Waals surface area contributed by atoms with E-state index in [1.54, 1.807) is 0 Å². The molecule has 0 spiro atoms. The highest BCUT2D eigenvalue weighted by Gasteiger charge is 2.26. The summed E-state index contributed by atoms with van der Waals surface area (Å²) in [5, 5.41) is 3.36. The van der Waals surface area contributed by atoms with Gasteiger partial charge in [0.2, 0.25) is 0 Å². The van der Waals surface area contributed by atoms with Crippen LogP contribution in [0.1, 0.15) is 33.1 Å². The standard InChI is InChI=1S/C9H19N/c1-3-10-7-6-8(2)9-4-5-9/h8-10H,3-7H2,1-2H3. The summed E-state index contributed by atoms with van der Waals surface area (Å²) in [7, 11) is 0. The van der Waals surface area contributed by atoms with E-state index in [1.807, 2.05) is 0 Å². The Labute approximate surface area is 64.2 Å². The van der Waals surface area contributed by atoms with E-state index in [0.717, 1.165) is 18.4 Å². The van der Waals surface area contributed by atoms with E-state index in [2.05, 4.69) is 19.2 Å². The molecule has 0 radical (unpaired) electrons. The van der Waals surface area contributed by atoms with Gasteiger partial charge >= 0.3 is 0 Å². The van der Waals surface area contributed by atoms with Gasteiger partial charge in [0.15, 0.2) is 0 Å². The van der Waals surface area contributed by atoms with Gasteiger partial charge in [-0.2, -0.15) is 0 Å². The molecule has 0 aromatic rings. The Bertz CT molecular complexity index is 86.7.